The number of ketones is 1. The molecular weight excluding hydrogens is 446 g/mol. The zero-order valence-electron chi connectivity index (χ0n) is 19.8. The highest BCUT2D eigenvalue weighted by molar-refractivity contribution is 7.14. The molecule has 6 nitrogen and oxygen atoms in total. The SMILES string of the molecule is CC(C)CN1C(=O)C(C(=O)Nc2nc(C34CC5CC(CC(C5)C3)C4)cs2)C(=O)c2ccccc21. The summed E-state index contributed by atoms with van der Waals surface area (Å²) in [4.78, 5) is 46.2. The van der Waals surface area contributed by atoms with E-state index in [2.05, 4.69) is 10.7 Å². The van der Waals surface area contributed by atoms with Gasteiger partial charge in [0, 0.05) is 22.9 Å². The molecule has 4 bridgehead atoms. The quantitative estimate of drug-likeness (QED) is 0.611. The third kappa shape index (κ3) is 3.51. The molecule has 4 saturated carbocycles. The third-order valence-corrected chi connectivity index (χ3v) is 9.12. The molecule has 2 amide bonds. The van der Waals surface area contributed by atoms with Gasteiger partial charge in [0.1, 0.15) is 0 Å². The van der Waals surface area contributed by atoms with Gasteiger partial charge in [0.05, 0.1) is 11.4 Å². The van der Waals surface area contributed by atoms with Gasteiger partial charge in [-0.25, -0.2) is 4.98 Å². The molecule has 4 aliphatic carbocycles. The number of aromatic nitrogens is 1. The Bertz CT molecular complexity index is 1130. The molecule has 34 heavy (non-hydrogen) atoms. The van der Waals surface area contributed by atoms with Crippen molar-refractivity contribution in [1.29, 1.82) is 0 Å². The monoisotopic (exact) mass is 477 g/mol. The minimum atomic E-state index is -1.37. The Labute approximate surface area is 204 Å². The number of para-hydroxylation sites is 1. The smallest absolute Gasteiger partial charge is 0.247 e. The van der Waals surface area contributed by atoms with Gasteiger partial charge >= 0.3 is 0 Å². The fraction of sp³-hybridized carbons (Fsp3) is 0.556. The number of carbonyl (C=O) groups excluding carboxylic acids is 3. The summed E-state index contributed by atoms with van der Waals surface area (Å²) in [5, 5.41) is 5.41. The lowest BCUT2D eigenvalue weighted by atomic mass is 9.49. The van der Waals surface area contributed by atoms with Crippen molar-refractivity contribution >= 4 is 39.8 Å². The van der Waals surface area contributed by atoms with Gasteiger partial charge in [-0.15, -0.1) is 11.3 Å². The molecule has 1 aliphatic heterocycles. The van der Waals surface area contributed by atoms with Crippen molar-refractivity contribution < 1.29 is 14.4 Å². The summed E-state index contributed by atoms with van der Waals surface area (Å²) in [6.45, 7) is 4.49. The molecule has 1 unspecified atom stereocenters. The zero-order chi connectivity index (χ0) is 23.6. The molecule has 1 aromatic carbocycles. The molecule has 7 heteroatoms. The number of anilines is 2. The van der Waals surface area contributed by atoms with Gasteiger partial charge in [0.15, 0.2) is 16.8 Å². The molecule has 1 atom stereocenters. The second kappa shape index (κ2) is 8.01. The van der Waals surface area contributed by atoms with E-state index >= 15 is 0 Å². The number of benzene rings is 1. The molecule has 5 aliphatic rings. The second-order valence-corrected chi connectivity index (χ2v) is 12.2. The lowest BCUT2D eigenvalue weighted by molar-refractivity contribution is -0.129. The number of nitrogens with one attached hydrogen (secondary N) is 1. The second-order valence-electron chi connectivity index (χ2n) is 11.4. The van der Waals surface area contributed by atoms with E-state index in [0.717, 1.165) is 23.4 Å². The van der Waals surface area contributed by atoms with E-state index < -0.39 is 23.5 Å². The highest BCUT2D eigenvalue weighted by atomic mass is 32.1. The standard InChI is InChI=1S/C27H31N3O3S/c1-15(2)13-30-20-6-4-3-5-19(20)23(31)22(25(30)33)24(32)29-26-28-21(14-34-26)27-10-16-7-17(11-27)9-18(8-16)12-27/h3-6,14-18,22H,7-13H2,1-2H3,(H,28,29,32). The lowest BCUT2D eigenvalue weighted by Crippen LogP contribution is -2.50. The molecule has 0 saturated heterocycles. The van der Waals surface area contributed by atoms with E-state index in [0.29, 0.717) is 22.9 Å². The number of thiazole rings is 1. The molecule has 7 rings (SSSR count). The Balaban J connectivity index is 1.24. The van der Waals surface area contributed by atoms with Gasteiger partial charge in [-0.05, 0) is 74.3 Å². The highest BCUT2D eigenvalue weighted by Gasteiger charge is 2.52. The van der Waals surface area contributed by atoms with Crippen molar-refractivity contribution in [3.63, 3.8) is 0 Å². The van der Waals surface area contributed by atoms with E-state index in [1.54, 1.807) is 23.1 Å². The maximum atomic E-state index is 13.3. The molecular formula is C27H31N3O3S. The molecule has 2 aromatic rings. The van der Waals surface area contributed by atoms with Crippen molar-refractivity contribution in [1.82, 2.24) is 4.98 Å². The number of rotatable bonds is 5. The third-order valence-electron chi connectivity index (χ3n) is 8.36. The Morgan fingerprint density at radius 3 is 2.41 bits per heavy atom. The van der Waals surface area contributed by atoms with Crippen LogP contribution in [0.3, 0.4) is 0 Å². The number of amides is 2. The van der Waals surface area contributed by atoms with Gasteiger partial charge in [0.2, 0.25) is 11.8 Å². The molecule has 0 spiro atoms. The van der Waals surface area contributed by atoms with Crippen LogP contribution in [0.2, 0.25) is 0 Å². The number of Topliss-reactive ketones (excluding diaryl/α,β-unsaturated/α-hetero) is 1. The van der Waals surface area contributed by atoms with Crippen molar-refractivity contribution in [2.75, 3.05) is 16.8 Å². The number of carbonyl (C=O) groups is 3. The van der Waals surface area contributed by atoms with Crippen LogP contribution in [0.4, 0.5) is 10.8 Å². The van der Waals surface area contributed by atoms with Crippen LogP contribution in [0, 0.1) is 29.6 Å². The van der Waals surface area contributed by atoms with E-state index in [1.807, 2.05) is 19.9 Å². The maximum absolute atomic E-state index is 13.3. The largest absolute Gasteiger partial charge is 0.310 e. The number of hydrogen-bond donors (Lipinski definition) is 1. The van der Waals surface area contributed by atoms with Crippen LogP contribution in [0.15, 0.2) is 29.6 Å². The van der Waals surface area contributed by atoms with E-state index in [-0.39, 0.29) is 11.3 Å². The highest BCUT2D eigenvalue weighted by Crippen LogP contribution is 2.60. The fourth-order valence-corrected chi connectivity index (χ4v) is 8.26. The van der Waals surface area contributed by atoms with Crippen LogP contribution < -0.4 is 10.2 Å². The molecule has 0 radical (unpaired) electrons. The van der Waals surface area contributed by atoms with Gasteiger partial charge in [-0.2, -0.15) is 0 Å². The summed E-state index contributed by atoms with van der Waals surface area (Å²) in [6.07, 6.45) is 7.72. The lowest BCUT2D eigenvalue weighted by Gasteiger charge is -2.56. The first-order valence-corrected chi connectivity index (χ1v) is 13.4. The first-order chi connectivity index (χ1) is 16.3. The maximum Gasteiger partial charge on any atom is 0.247 e. The van der Waals surface area contributed by atoms with E-state index in [4.69, 9.17) is 4.98 Å². The Kier molecular flexibility index (Phi) is 5.17. The molecule has 178 valence electrons. The fourth-order valence-electron chi connectivity index (χ4n) is 7.42. The Morgan fingerprint density at radius 1 is 1.12 bits per heavy atom. The summed E-state index contributed by atoms with van der Waals surface area (Å²) in [5.41, 5.74) is 2.27. The molecule has 2 heterocycles. The van der Waals surface area contributed by atoms with Crippen LogP contribution >= 0.6 is 11.3 Å². The zero-order valence-corrected chi connectivity index (χ0v) is 20.6. The molecule has 4 fully saturated rings. The minimum absolute atomic E-state index is 0.151. The van der Waals surface area contributed by atoms with E-state index in [9.17, 15) is 14.4 Å². The topological polar surface area (TPSA) is 79.4 Å². The molecule has 1 N–H and O–H groups in total. The predicted molar refractivity (Wildman–Crippen MR) is 132 cm³/mol. The first kappa shape index (κ1) is 22.0. The van der Waals surface area contributed by atoms with Crippen LogP contribution in [0.5, 0.6) is 0 Å². The van der Waals surface area contributed by atoms with Gasteiger partial charge < -0.3 is 10.2 Å². The summed E-state index contributed by atoms with van der Waals surface area (Å²) in [7, 11) is 0. The first-order valence-electron chi connectivity index (χ1n) is 12.5. The Morgan fingerprint density at radius 2 is 1.76 bits per heavy atom. The summed E-state index contributed by atoms with van der Waals surface area (Å²) in [5.74, 6) is -0.189. The summed E-state index contributed by atoms with van der Waals surface area (Å²) >= 11 is 1.41. The van der Waals surface area contributed by atoms with Crippen LogP contribution in [0.25, 0.3) is 0 Å². The van der Waals surface area contributed by atoms with Crippen molar-refractivity contribution in [3.05, 3.63) is 40.9 Å². The van der Waals surface area contributed by atoms with Crippen molar-refractivity contribution in [3.8, 4) is 0 Å². The summed E-state index contributed by atoms with van der Waals surface area (Å²) < 4.78 is 0. The number of fused-ring (bicyclic) bond motifs is 1. The predicted octanol–water partition coefficient (Wildman–Crippen LogP) is 5.05. The minimum Gasteiger partial charge on any atom is -0.310 e. The molecule has 1 aromatic heterocycles. The number of hydrogen-bond acceptors (Lipinski definition) is 5. The van der Waals surface area contributed by atoms with E-state index in [1.165, 1.54) is 49.9 Å². The number of nitrogens with zero attached hydrogens (tertiary/aromatic N) is 2. The van der Waals surface area contributed by atoms with Crippen LogP contribution in [0.1, 0.15) is 68.4 Å². The average molecular weight is 478 g/mol. The van der Waals surface area contributed by atoms with Crippen LogP contribution in [-0.4, -0.2) is 29.1 Å². The van der Waals surface area contributed by atoms with Crippen molar-refractivity contribution in [2.45, 2.75) is 57.8 Å². The van der Waals surface area contributed by atoms with Gasteiger partial charge in [-0.1, -0.05) is 26.0 Å². The normalized spacial score (nSPS) is 31.8. The Hall–Kier alpha value is -2.54. The van der Waals surface area contributed by atoms with Gasteiger partial charge in [-0.3, -0.25) is 14.4 Å². The van der Waals surface area contributed by atoms with Crippen molar-refractivity contribution in [2.24, 2.45) is 29.6 Å². The summed E-state index contributed by atoms with van der Waals surface area (Å²) in [6, 6.07) is 7.06. The van der Waals surface area contributed by atoms with Crippen LogP contribution in [-0.2, 0) is 15.0 Å². The average Bonchev–Trinajstić information content (AvgIpc) is 3.25. The van der Waals surface area contributed by atoms with Gasteiger partial charge in [0.25, 0.3) is 0 Å².